The van der Waals surface area contributed by atoms with Crippen molar-refractivity contribution in [3.63, 3.8) is 0 Å². The van der Waals surface area contributed by atoms with Crippen LogP contribution in [0.5, 0.6) is 11.5 Å². The van der Waals surface area contributed by atoms with Crippen LogP contribution in [0.3, 0.4) is 0 Å². The standard InChI is InChI=1S/C19H14Cl2O2/c1-11-10-16(12-2-6-14(22)7-3-12)19(21)17(18(11)20)13-4-8-15(23)9-5-13/h2-10,22-23H,1H3. The van der Waals surface area contributed by atoms with Gasteiger partial charge in [0.1, 0.15) is 11.5 Å². The molecule has 0 aliphatic heterocycles. The van der Waals surface area contributed by atoms with Crippen molar-refractivity contribution >= 4 is 23.2 Å². The van der Waals surface area contributed by atoms with E-state index in [4.69, 9.17) is 23.2 Å². The normalized spacial score (nSPS) is 10.7. The Hall–Kier alpha value is -2.16. The van der Waals surface area contributed by atoms with Gasteiger partial charge in [0.15, 0.2) is 0 Å². The minimum Gasteiger partial charge on any atom is -0.508 e. The Bertz CT molecular complexity index is 854. The maximum Gasteiger partial charge on any atom is 0.115 e. The minimum atomic E-state index is 0.187. The van der Waals surface area contributed by atoms with E-state index in [-0.39, 0.29) is 11.5 Å². The summed E-state index contributed by atoms with van der Waals surface area (Å²) in [5.74, 6) is 0.390. The van der Waals surface area contributed by atoms with Gasteiger partial charge in [-0.05, 0) is 53.9 Å². The number of aromatic hydroxyl groups is 2. The Morgan fingerprint density at radius 1 is 0.696 bits per heavy atom. The van der Waals surface area contributed by atoms with Gasteiger partial charge in [-0.3, -0.25) is 0 Å². The number of hydrogen-bond acceptors (Lipinski definition) is 2. The quantitative estimate of drug-likeness (QED) is 0.594. The first-order chi connectivity index (χ1) is 11.0. The van der Waals surface area contributed by atoms with E-state index in [1.54, 1.807) is 36.4 Å². The van der Waals surface area contributed by atoms with Crippen molar-refractivity contribution in [3.8, 4) is 33.8 Å². The van der Waals surface area contributed by atoms with Gasteiger partial charge < -0.3 is 10.2 Å². The van der Waals surface area contributed by atoms with Crippen LogP contribution >= 0.6 is 23.2 Å². The lowest BCUT2D eigenvalue weighted by Crippen LogP contribution is -1.90. The van der Waals surface area contributed by atoms with Gasteiger partial charge in [0, 0.05) is 11.1 Å². The largest absolute Gasteiger partial charge is 0.508 e. The topological polar surface area (TPSA) is 40.5 Å². The van der Waals surface area contributed by atoms with Crippen molar-refractivity contribution in [1.29, 1.82) is 0 Å². The third-order valence-corrected chi connectivity index (χ3v) is 4.60. The van der Waals surface area contributed by atoms with Gasteiger partial charge in [-0.25, -0.2) is 0 Å². The zero-order chi connectivity index (χ0) is 16.6. The summed E-state index contributed by atoms with van der Waals surface area (Å²) in [5, 5.41) is 20.0. The molecular weight excluding hydrogens is 331 g/mol. The lowest BCUT2D eigenvalue weighted by atomic mass is 9.96. The summed E-state index contributed by atoms with van der Waals surface area (Å²) in [4.78, 5) is 0. The third-order valence-electron chi connectivity index (χ3n) is 3.72. The second-order valence-corrected chi connectivity index (χ2v) is 6.09. The van der Waals surface area contributed by atoms with E-state index in [0.29, 0.717) is 10.0 Å². The van der Waals surface area contributed by atoms with Crippen molar-refractivity contribution in [2.45, 2.75) is 6.92 Å². The van der Waals surface area contributed by atoms with Crippen LogP contribution < -0.4 is 0 Å². The van der Waals surface area contributed by atoms with Crippen molar-refractivity contribution < 1.29 is 10.2 Å². The van der Waals surface area contributed by atoms with Crippen LogP contribution in [-0.4, -0.2) is 10.2 Å². The lowest BCUT2D eigenvalue weighted by Gasteiger charge is -2.15. The van der Waals surface area contributed by atoms with Gasteiger partial charge in [-0.15, -0.1) is 0 Å². The molecule has 0 saturated carbocycles. The first kappa shape index (κ1) is 15.7. The fraction of sp³-hybridized carbons (Fsp3) is 0.0526. The van der Waals surface area contributed by atoms with Crippen LogP contribution in [0.4, 0.5) is 0 Å². The molecule has 3 aromatic carbocycles. The van der Waals surface area contributed by atoms with Crippen LogP contribution in [0, 0.1) is 6.92 Å². The molecule has 4 heteroatoms. The molecule has 23 heavy (non-hydrogen) atoms. The molecule has 3 rings (SSSR count). The van der Waals surface area contributed by atoms with E-state index in [0.717, 1.165) is 27.8 Å². The zero-order valence-corrected chi connectivity index (χ0v) is 13.9. The SMILES string of the molecule is Cc1cc(-c2ccc(O)cc2)c(Cl)c(-c2ccc(O)cc2)c1Cl. The number of phenols is 2. The molecule has 0 aliphatic carbocycles. The van der Waals surface area contributed by atoms with Crippen molar-refractivity contribution in [3.05, 3.63) is 70.2 Å². The second kappa shape index (κ2) is 6.15. The maximum atomic E-state index is 9.47. The predicted octanol–water partition coefficient (Wildman–Crippen LogP) is 6.05. The molecule has 2 N–H and O–H groups in total. The Morgan fingerprint density at radius 3 is 1.70 bits per heavy atom. The van der Waals surface area contributed by atoms with Crippen LogP contribution in [0.2, 0.25) is 10.0 Å². The Kier molecular flexibility index (Phi) is 4.20. The molecular formula is C19H14Cl2O2. The molecule has 0 saturated heterocycles. The van der Waals surface area contributed by atoms with Crippen LogP contribution in [-0.2, 0) is 0 Å². The molecule has 0 atom stereocenters. The molecule has 0 spiro atoms. The van der Waals surface area contributed by atoms with Crippen LogP contribution in [0.15, 0.2) is 54.6 Å². The van der Waals surface area contributed by atoms with Gasteiger partial charge in [0.2, 0.25) is 0 Å². The number of phenolic OH excluding ortho intramolecular Hbond substituents is 2. The molecule has 0 amide bonds. The van der Waals surface area contributed by atoms with Crippen molar-refractivity contribution in [2.24, 2.45) is 0 Å². The fourth-order valence-corrected chi connectivity index (χ4v) is 3.18. The number of rotatable bonds is 2. The first-order valence-corrected chi connectivity index (χ1v) is 7.80. The van der Waals surface area contributed by atoms with E-state index in [2.05, 4.69) is 0 Å². The van der Waals surface area contributed by atoms with E-state index >= 15 is 0 Å². The highest BCUT2D eigenvalue weighted by Crippen LogP contribution is 2.43. The Balaban J connectivity index is 2.24. The van der Waals surface area contributed by atoms with E-state index in [1.165, 1.54) is 0 Å². The number of aryl methyl sites for hydroxylation is 1. The minimum absolute atomic E-state index is 0.187. The first-order valence-electron chi connectivity index (χ1n) is 7.05. The second-order valence-electron chi connectivity index (χ2n) is 5.34. The lowest BCUT2D eigenvalue weighted by molar-refractivity contribution is 0.475. The van der Waals surface area contributed by atoms with E-state index in [1.807, 2.05) is 25.1 Å². The fourth-order valence-electron chi connectivity index (χ4n) is 2.50. The summed E-state index contributed by atoms with van der Waals surface area (Å²) < 4.78 is 0. The predicted molar refractivity (Wildman–Crippen MR) is 95.4 cm³/mol. The zero-order valence-electron chi connectivity index (χ0n) is 12.3. The van der Waals surface area contributed by atoms with Gasteiger partial charge in [0.25, 0.3) is 0 Å². The van der Waals surface area contributed by atoms with Crippen LogP contribution in [0.1, 0.15) is 5.56 Å². The smallest absolute Gasteiger partial charge is 0.115 e. The molecule has 0 heterocycles. The molecule has 2 nitrogen and oxygen atoms in total. The van der Waals surface area contributed by atoms with Gasteiger partial charge >= 0.3 is 0 Å². The van der Waals surface area contributed by atoms with Gasteiger partial charge in [-0.2, -0.15) is 0 Å². The molecule has 3 aromatic rings. The molecule has 0 bridgehead atoms. The highest BCUT2D eigenvalue weighted by molar-refractivity contribution is 6.41. The van der Waals surface area contributed by atoms with Crippen molar-refractivity contribution in [1.82, 2.24) is 0 Å². The Morgan fingerprint density at radius 2 is 1.17 bits per heavy atom. The maximum absolute atomic E-state index is 9.47. The average molecular weight is 345 g/mol. The van der Waals surface area contributed by atoms with Gasteiger partial charge in [-0.1, -0.05) is 47.5 Å². The summed E-state index contributed by atoms with van der Waals surface area (Å²) in [6.07, 6.45) is 0. The summed E-state index contributed by atoms with van der Waals surface area (Å²) in [6.45, 7) is 1.92. The number of halogens is 2. The van der Waals surface area contributed by atoms with Gasteiger partial charge in [0.05, 0.1) is 10.0 Å². The summed E-state index contributed by atoms with van der Waals surface area (Å²) in [7, 11) is 0. The summed E-state index contributed by atoms with van der Waals surface area (Å²) in [6, 6.07) is 15.6. The molecule has 0 aromatic heterocycles. The number of benzene rings is 3. The molecule has 116 valence electrons. The van der Waals surface area contributed by atoms with E-state index < -0.39 is 0 Å². The number of hydrogen-bond donors (Lipinski definition) is 2. The summed E-state index contributed by atoms with van der Waals surface area (Å²) >= 11 is 13.1. The van der Waals surface area contributed by atoms with E-state index in [9.17, 15) is 10.2 Å². The average Bonchev–Trinajstić information content (AvgIpc) is 2.54. The highest BCUT2D eigenvalue weighted by Gasteiger charge is 2.16. The molecule has 0 aliphatic rings. The monoisotopic (exact) mass is 344 g/mol. The van der Waals surface area contributed by atoms with Crippen molar-refractivity contribution in [2.75, 3.05) is 0 Å². The highest BCUT2D eigenvalue weighted by atomic mass is 35.5. The molecule has 0 unspecified atom stereocenters. The summed E-state index contributed by atoms with van der Waals surface area (Å²) in [5.41, 5.74) is 4.21. The van der Waals surface area contributed by atoms with Crippen LogP contribution in [0.25, 0.3) is 22.3 Å². The third kappa shape index (κ3) is 3.00. The molecule has 0 fully saturated rings. The molecule has 0 radical (unpaired) electrons. The Labute approximate surface area is 144 Å².